The van der Waals surface area contributed by atoms with Crippen molar-refractivity contribution >= 4 is 34.5 Å². The maximum absolute atomic E-state index is 15.2. The van der Waals surface area contributed by atoms with Crippen LogP contribution in [0.2, 0.25) is 0 Å². The third-order valence-corrected chi connectivity index (χ3v) is 7.36. The standard InChI is InChI=1S/C32H28FN3O7/c1-40-27-16-22-24(17-28(27)41-18-32(12-13-32)43-30(38)20-5-3-2-4-6-20)35-14-11-25(22)42-26-10-9-21(15-23(26)33)36(31(34)39)29(37)19-7-8-19/h2-6,9-11,14-17,19H,7-8,12-13,18H2,1H3,(H2,34,39). The van der Waals surface area contributed by atoms with E-state index in [9.17, 15) is 14.4 Å². The summed E-state index contributed by atoms with van der Waals surface area (Å²) in [5, 5.41) is 0.523. The van der Waals surface area contributed by atoms with Crippen molar-refractivity contribution in [3.8, 4) is 23.0 Å². The van der Waals surface area contributed by atoms with Crippen molar-refractivity contribution in [1.29, 1.82) is 0 Å². The van der Waals surface area contributed by atoms with Crippen LogP contribution in [0.15, 0.2) is 72.9 Å². The van der Waals surface area contributed by atoms with Gasteiger partial charge in [0.05, 0.1) is 23.9 Å². The molecule has 0 spiro atoms. The number of rotatable bonds is 10. The smallest absolute Gasteiger partial charge is 0.338 e. The number of hydrogen-bond donors (Lipinski definition) is 1. The number of fused-ring (bicyclic) bond motifs is 1. The van der Waals surface area contributed by atoms with E-state index in [1.54, 1.807) is 42.5 Å². The first-order valence-electron chi connectivity index (χ1n) is 13.8. The Morgan fingerprint density at radius 3 is 2.40 bits per heavy atom. The number of benzene rings is 3. The highest BCUT2D eigenvalue weighted by Crippen LogP contribution is 2.43. The first kappa shape index (κ1) is 28.0. The van der Waals surface area contributed by atoms with Crippen molar-refractivity contribution in [2.75, 3.05) is 18.6 Å². The minimum atomic E-state index is -0.975. The molecule has 1 aromatic heterocycles. The molecule has 0 atom stereocenters. The molecule has 6 rings (SSSR count). The minimum Gasteiger partial charge on any atom is -0.493 e. The molecule has 4 aromatic rings. The molecule has 3 amide bonds. The van der Waals surface area contributed by atoms with Crippen molar-refractivity contribution in [3.63, 3.8) is 0 Å². The van der Waals surface area contributed by atoms with Crippen LogP contribution < -0.4 is 24.8 Å². The van der Waals surface area contributed by atoms with Crippen LogP contribution in [-0.4, -0.2) is 42.2 Å². The van der Waals surface area contributed by atoms with Crippen LogP contribution >= 0.6 is 0 Å². The number of urea groups is 1. The number of methoxy groups -OCH3 is 1. The summed E-state index contributed by atoms with van der Waals surface area (Å²) in [6.45, 7) is 0.132. The van der Waals surface area contributed by atoms with E-state index in [2.05, 4.69) is 4.98 Å². The molecule has 0 unspecified atom stereocenters. The van der Waals surface area contributed by atoms with Gasteiger partial charge in [0.2, 0.25) is 5.91 Å². The maximum atomic E-state index is 15.2. The Kier molecular flexibility index (Phi) is 7.31. The van der Waals surface area contributed by atoms with E-state index in [0.717, 1.165) is 11.0 Å². The van der Waals surface area contributed by atoms with Gasteiger partial charge >= 0.3 is 12.0 Å². The van der Waals surface area contributed by atoms with Crippen LogP contribution in [-0.2, 0) is 9.53 Å². The monoisotopic (exact) mass is 585 g/mol. The van der Waals surface area contributed by atoms with Gasteiger partial charge in [0.15, 0.2) is 23.1 Å². The minimum absolute atomic E-state index is 0.0279. The SMILES string of the molecule is COc1cc2c(Oc3ccc(N(C(N)=O)C(=O)C4CC4)cc3F)ccnc2cc1OCC1(OC(=O)c2ccccc2)CC1. The fourth-order valence-corrected chi connectivity index (χ4v) is 4.65. The lowest BCUT2D eigenvalue weighted by Crippen LogP contribution is -2.41. The van der Waals surface area contributed by atoms with Gasteiger partial charge in [-0.1, -0.05) is 18.2 Å². The summed E-state index contributed by atoms with van der Waals surface area (Å²) in [5.74, 6) is -0.999. The molecular formula is C32H28FN3O7. The predicted octanol–water partition coefficient (Wildman–Crippen LogP) is 5.76. The molecule has 1 heterocycles. The Labute approximate surface area is 246 Å². The zero-order chi connectivity index (χ0) is 30.1. The number of primary amides is 1. The third-order valence-electron chi connectivity index (χ3n) is 7.36. The Balaban J connectivity index is 1.20. The summed E-state index contributed by atoms with van der Waals surface area (Å²) in [4.78, 5) is 42.2. The fraction of sp³-hybridized carbons (Fsp3) is 0.250. The lowest BCUT2D eigenvalue weighted by atomic mass is 10.1. The molecule has 2 aliphatic carbocycles. The number of amides is 3. The quantitative estimate of drug-likeness (QED) is 0.232. The number of nitrogens with zero attached hydrogens (tertiary/aromatic N) is 2. The summed E-state index contributed by atoms with van der Waals surface area (Å²) in [7, 11) is 1.49. The molecule has 0 aliphatic heterocycles. The summed E-state index contributed by atoms with van der Waals surface area (Å²) in [5.41, 5.74) is 5.67. The number of pyridine rings is 1. The van der Waals surface area contributed by atoms with E-state index in [1.807, 2.05) is 6.07 Å². The average molecular weight is 586 g/mol. The number of aromatic nitrogens is 1. The van der Waals surface area contributed by atoms with Gasteiger partial charge in [0, 0.05) is 29.6 Å². The molecule has 220 valence electrons. The molecule has 2 aliphatic rings. The number of carbonyl (C=O) groups is 3. The largest absolute Gasteiger partial charge is 0.493 e. The van der Waals surface area contributed by atoms with Crippen molar-refractivity contribution in [3.05, 3.63) is 84.3 Å². The number of imide groups is 1. The first-order valence-corrected chi connectivity index (χ1v) is 13.8. The van der Waals surface area contributed by atoms with Crippen LogP contribution in [0.4, 0.5) is 14.9 Å². The van der Waals surface area contributed by atoms with Gasteiger partial charge in [0.1, 0.15) is 18.0 Å². The van der Waals surface area contributed by atoms with Crippen molar-refractivity contribution in [2.45, 2.75) is 31.3 Å². The predicted molar refractivity (Wildman–Crippen MR) is 154 cm³/mol. The second-order valence-corrected chi connectivity index (χ2v) is 10.6. The topological polar surface area (TPSA) is 130 Å². The number of hydrogen-bond acceptors (Lipinski definition) is 8. The molecule has 0 bridgehead atoms. The Morgan fingerprint density at radius 1 is 0.977 bits per heavy atom. The number of ether oxygens (including phenoxy) is 4. The zero-order valence-electron chi connectivity index (χ0n) is 23.2. The highest BCUT2D eigenvalue weighted by atomic mass is 19.1. The van der Waals surface area contributed by atoms with Gasteiger partial charge in [-0.3, -0.25) is 9.78 Å². The lowest BCUT2D eigenvalue weighted by Gasteiger charge is -2.20. The highest BCUT2D eigenvalue weighted by Gasteiger charge is 2.48. The van der Waals surface area contributed by atoms with Gasteiger partial charge in [-0.15, -0.1) is 0 Å². The van der Waals surface area contributed by atoms with Crippen molar-refractivity contribution < 1.29 is 37.7 Å². The number of carbonyl (C=O) groups excluding carboxylic acids is 3. The van der Waals surface area contributed by atoms with Crippen LogP contribution in [0.5, 0.6) is 23.0 Å². The number of halogens is 1. The normalized spacial score (nSPS) is 14.9. The molecule has 0 saturated heterocycles. The molecule has 10 nitrogen and oxygen atoms in total. The van der Waals surface area contributed by atoms with Gasteiger partial charge in [-0.2, -0.15) is 0 Å². The van der Waals surface area contributed by atoms with Crippen LogP contribution in [0.25, 0.3) is 10.9 Å². The van der Waals surface area contributed by atoms with E-state index < -0.39 is 29.3 Å². The Hall–Kier alpha value is -5.19. The van der Waals surface area contributed by atoms with Gasteiger partial charge in [-0.25, -0.2) is 18.9 Å². The second kappa shape index (κ2) is 11.2. The number of nitrogens with two attached hydrogens (primary N) is 1. The molecular weight excluding hydrogens is 557 g/mol. The summed E-state index contributed by atoms with van der Waals surface area (Å²) < 4.78 is 38.4. The molecule has 2 saturated carbocycles. The van der Waals surface area contributed by atoms with E-state index in [-0.39, 0.29) is 29.7 Å². The average Bonchev–Trinajstić information content (AvgIpc) is 3.94. The fourth-order valence-electron chi connectivity index (χ4n) is 4.65. The Morgan fingerprint density at radius 2 is 1.74 bits per heavy atom. The lowest BCUT2D eigenvalue weighted by molar-refractivity contribution is -0.119. The number of anilines is 1. The van der Waals surface area contributed by atoms with Crippen molar-refractivity contribution in [1.82, 2.24) is 4.98 Å². The van der Waals surface area contributed by atoms with Gasteiger partial charge in [-0.05, 0) is 62.1 Å². The first-order chi connectivity index (χ1) is 20.8. The molecule has 0 radical (unpaired) electrons. The molecule has 3 aromatic carbocycles. The van der Waals surface area contributed by atoms with Gasteiger partial charge < -0.3 is 24.7 Å². The van der Waals surface area contributed by atoms with Crippen LogP contribution in [0, 0.1) is 11.7 Å². The second-order valence-electron chi connectivity index (χ2n) is 10.6. The molecule has 43 heavy (non-hydrogen) atoms. The van der Waals surface area contributed by atoms with Gasteiger partial charge in [0.25, 0.3) is 0 Å². The zero-order valence-corrected chi connectivity index (χ0v) is 23.2. The van der Waals surface area contributed by atoms with Crippen LogP contribution in [0.3, 0.4) is 0 Å². The molecule has 2 N–H and O–H groups in total. The third kappa shape index (κ3) is 5.92. The highest BCUT2D eigenvalue weighted by molar-refractivity contribution is 6.15. The molecule has 11 heteroatoms. The van der Waals surface area contributed by atoms with E-state index >= 15 is 4.39 Å². The maximum Gasteiger partial charge on any atom is 0.338 e. The number of esters is 1. The van der Waals surface area contributed by atoms with Crippen LogP contribution in [0.1, 0.15) is 36.0 Å². The summed E-state index contributed by atoms with van der Waals surface area (Å²) >= 11 is 0. The summed E-state index contributed by atoms with van der Waals surface area (Å²) in [6, 6.07) is 16.5. The summed E-state index contributed by atoms with van der Waals surface area (Å²) in [6.07, 6.45) is 4.19. The van der Waals surface area contributed by atoms with E-state index in [4.69, 9.17) is 24.7 Å². The Bertz CT molecular complexity index is 1720. The molecule has 2 fully saturated rings. The van der Waals surface area contributed by atoms with Crippen molar-refractivity contribution in [2.24, 2.45) is 11.7 Å². The van der Waals surface area contributed by atoms with E-state index in [1.165, 1.54) is 25.4 Å². The van der Waals surface area contributed by atoms with E-state index in [0.29, 0.717) is 53.6 Å².